The first-order chi connectivity index (χ1) is 12.9. The van der Waals surface area contributed by atoms with E-state index in [0.717, 1.165) is 17.5 Å². The number of esters is 1. The van der Waals surface area contributed by atoms with E-state index in [1.54, 1.807) is 13.0 Å². The van der Waals surface area contributed by atoms with Crippen LogP contribution in [0.2, 0.25) is 0 Å². The number of aliphatic hydroxyl groups excluding tert-OH is 1. The van der Waals surface area contributed by atoms with Gasteiger partial charge in [0, 0.05) is 30.6 Å². The normalized spacial score (nSPS) is 27.8. The number of hydrogen-bond donors (Lipinski definition) is 2. The smallest absolute Gasteiger partial charge is 0.340 e. The number of fused-ring (bicyclic) bond motifs is 1. The SMILES string of the molecule is Cc1cccc2c1C(C(C)O)(N1CCC(CN)(c3ccccc3)C1)OC2=O.Cl. The quantitative estimate of drug-likeness (QED) is 0.769. The molecule has 3 unspecified atom stereocenters. The highest BCUT2D eigenvalue weighted by molar-refractivity contribution is 5.95. The molecule has 6 heteroatoms. The van der Waals surface area contributed by atoms with Crippen LogP contribution in [-0.4, -0.2) is 41.7 Å². The van der Waals surface area contributed by atoms with Gasteiger partial charge in [-0.3, -0.25) is 4.90 Å². The third-order valence-electron chi connectivity index (χ3n) is 6.27. The van der Waals surface area contributed by atoms with E-state index < -0.39 is 11.8 Å². The first-order valence-corrected chi connectivity index (χ1v) is 9.47. The summed E-state index contributed by atoms with van der Waals surface area (Å²) in [6.45, 7) is 5.47. The van der Waals surface area contributed by atoms with Gasteiger partial charge in [0.1, 0.15) is 6.10 Å². The Morgan fingerprint density at radius 1 is 1.21 bits per heavy atom. The van der Waals surface area contributed by atoms with Gasteiger partial charge in [-0.15, -0.1) is 12.4 Å². The molecular formula is C22H27ClN2O3. The molecule has 3 atom stereocenters. The summed E-state index contributed by atoms with van der Waals surface area (Å²) in [5.74, 6) is -0.375. The second-order valence-corrected chi connectivity index (χ2v) is 7.78. The maximum Gasteiger partial charge on any atom is 0.340 e. The fraction of sp³-hybridized carbons (Fsp3) is 0.409. The summed E-state index contributed by atoms with van der Waals surface area (Å²) in [6.07, 6.45) is -0.0195. The number of aliphatic hydroxyl groups is 1. The lowest BCUT2D eigenvalue weighted by atomic mass is 9.79. The van der Waals surface area contributed by atoms with E-state index in [1.165, 1.54) is 5.56 Å². The number of cyclic esters (lactones) is 1. The van der Waals surface area contributed by atoms with Crippen LogP contribution in [0.4, 0.5) is 0 Å². The van der Waals surface area contributed by atoms with E-state index in [1.807, 2.05) is 37.3 Å². The van der Waals surface area contributed by atoms with E-state index in [2.05, 4.69) is 17.0 Å². The van der Waals surface area contributed by atoms with Crippen LogP contribution in [0.15, 0.2) is 48.5 Å². The number of ether oxygens (including phenoxy) is 1. The fourth-order valence-corrected chi connectivity index (χ4v) is 4.81. The van der Waals surface area contributed by atoms with Gasteiger partial charge in [0.2, 0.25) is 5.72 Å². The molecule has 5 nitrogen and oxygen atoms in total. The van der Waals surface area contributed by atoms with Crippen LogP contribution in [0.25, 0.3) is 0 Å². The summed E-state index contributed by atoms with van der Waals surface area (Å²) in [5, 5.41) is 10.8. The fourth-order valence-electron chi connectivity index (χ4n) is 4.81. The molecule has 3 N–H and O–H groups in total. The number of carbonyl (C=O) groups excluding carboxylic acids is 1. The molecule has 150 valence electrons. The number of halogens is 1. The third-order valence-corrected chi connectivity index (χ3v) is 6.27. The number of likely N-dealkylation sites (tertiary alicyclic amines) is 1. The molecule has 28 heavy (non-hydrogen) atoms. The lowest BCUT2D eigenvalue weighted by molar-refractivity contribution is -0.170. The van der Waals surface area contributed by atoms with Crippen molar-refractivity contribution in [1.82, 2.24) is 4.90 Å². The average molecular weight is 403 g/mol. The maximum absolute atomic E-state index is 12.6. The topological polar surface area (TPSA) is 75.8 Å². The van der Waals surface area contributed by atoms with Crippen LogP contribution in [0.1, 0.15) is 40.4 Å². The molecule has 0 spiro atoms. The molecule has 2 aromatic rings. The summed E-state index contributed by atoms with van der Waals surface area (Å²) in [7, 11) is 0. The lowest BCUT2D eigenvalue weighted by Gasteiger charge is -2.41. The number of aryl methyl sites for hydroxylation is 1. The van der Waals surface area contributed by atoms with Crippen molar-refractivity contribution in [3.63, 3.8) is 0 Å². The van der Waals surface area contributed by atoms with E-state index in [0.29, 0.717) is 25.2 Å². The van der Waals surface area contributed by atoms with Gasteiger partial charge in [0.25, 0.3) is 0 Å². The number of carbonyl (C=O) groups is 1. The molecule has 2 aliphatic heterocycles. The number of benzene rings is 2. The molecule has 2 aliphatic rings. The zero-order chi connectivity index (χ0) is 19.2. The van der Waals surface area contributed by atoms with Crippen LogP contribution in [-0.2, 0) is 15.9 Å². The average Bonchev–Trinajstić information content (AvgIpc) is 3.25. The molecule has 0 radical (unpaired) electrons. The number of rotatable bonds is 4. The summed E-state index contributed by atoms with van der Waals surface area (Å²) >= 11 is 0. The highest BCUT2D eigenvalue weighted by Gasteiger charge is 2.57. The Labute approximate surface area is 171 Å². The highest BCUT2D eigenvalue weighted by Crippen LogP contribution is 2.48. The number of hydrogen-bond acceptors (Lipinski definition) is 5. The van der Waals surface area contributed by atoms with Gasteiger partial charge < -0.3 is 15.6 Å². The molecule has 1 saturated heterocycles. The Morgan fingerprint density at radius 3 is 2.57 bits per heavy atom. The number of nitrogens with two attached hydrogens (primary N) is 1. The molecule has 4 rings (SSSR count). The lowest BCUT2D eigenvalue weighted by Crippen LogP contribution is -2.54. The summed E-state index contributed by atoms with van der Waals surface area (Å²) in [5.41, 5.74) is 8.31. The van der Waals surface area contributed by atoms with Crippen molar-refractivity contribution in [2.45, 2.75) is 37.5 Å². The van der Waals surface area contributed by atoms with Gasteiger partial charge in [-0.25, -0.2) is 4.79 Å². The Balaban J connectivity index is 0.00000225. The van der Waals surface area contributed by atoms with Gasteiger partial charge in [-0.2, -0.15) is 0 Å². The van der Waals surface area contributed by atoms with Gasteiger partial charge in [0.05, 0.1) is 5.56 Å². The van der Waals surface area contributed by atoms with E-state index in [4.69, 9.17) is 10.5 Å². The molecule has 2 heterocycles. The Morgan fingerprint density at radius 2 is 1.93 bits per heavy atom. The molecule has 0 aliphatic carbocycles. The van der Waals surface area contributed by atoms with Crippen LogP contribution in [0.3, 0.4) is 0 Å². The maximum atomic E-state index is 12.6. The minimum Gasteiger partial charge on any atom is -0.433 e. The minimum atomic E-state index is -1.16. The standard InChI is InChI=1S/C22H26N2O3.ClH/c1-15-7-6-10-18-19(15)22(16(2)25,27-20(18)26)24-12-11-21(13-23,14-24)17-8-4-3-5-9-17;/h3-10,16,25H,11-14,23H2,1-2H3;1H. The number of nitrogens with zero attached hydrogens (tertiary/aromatic N) is 1. The van der Waals surface area contributed by atoms with Crippen molar-refractivity contribution in [2.75, 3.05) is 19.6 Å². The molecule has 2 aromatic carbocycles. The zero-order valence-corrected chi connectivity index (χ0v) is 17.0. The van der Waals surface area contributed by atoms with Crippen LogP contribution < -0.4 is 5.73 Å². The summed E-state index contributed by atoms with van der Waals surface area (Å²) in [6, 6.07) is 15.8. The van der Waals surface area contributed by atoms with Crippen molar-refractivity contribution in [3.8, 4) is 0 Å². The van der Waals surface area contributed by atoms with Gasteiger partial charge in [-0.1, -0.05) is 42.5 Å². The third kappa shape index (κ3) is 2.85. The Hall–Kier alpha value is -1.92. The summed E-state index contributed by atoms with van der Waals surface area (Å²) in [4.78, 5) is 14.7. The zero-order valence-electron chi connectivity index (χ0n) is 16.2. The van der Waals surface area contributed by atoms with Crippen molar-refractivity contribution < 1.29 is 14.6 Å². The predicted octanol–water partition coefficient (Wildman–Crippen LogP) is 2.72. The van der Waals surface area contributed by atoms with Crippen LogP contribution in [0, 0.1) is 6.92 Å². The molecule has 0 aromatic heterocycles. The Bertz CT molecular complexity index is 873. The monoisotopic (exact) mass is 402 g/mol. The van der Waals surface area contributed by atoms with Gasteiger partial charge in [-0.05, 0) is 37.5 Å². The van der Waals surface area contributed by atoms with Crippen molar-refractivity contribution in [1.29, 1.82) is 0 Å². The Kier molecular flexibility index (Phi) is 5.56. The second kappa shape index (κ2) is 7.48. The van der Waals surface area contributed by atoms with Gasteiger partial charge in [0.15, 0.2) is 0 Å². The van der Waals surface area contributed by atoms with Crippen molar-refractivity contribution >= 4 is 18.4 Å². The molecular weight excluding hydrogens is 376 g/mol. The van der Waals surface area contributed by atoms with Gasteiger partial charge >= 0.3 is 5.97 Å². The van der Waals surface area contributed by atoms with Crippen molar-refractivity contribution in [2.24, 2.45) is 5.73 Å². The van der Waals surface area contributed by atoms with E-state index in [-0.39, 0.29) is 23.8 Å². The molecule has 0 amide bonds. The van der Waals surface area contributed by atoms with Crippen LogP contribution >= 0.6 is 12.4 Å². The van der Waals surface area contributed by atoms with E-state index >= 15 is 0 Å². The highest BCUT2D eigenvalue weighted by atomic mass is 35.5. The first kappa shape index (κ1) is 20.8. The van der Waals surface area contributed by atoms with E-state index in [9.17, 15) is 9.90 Å². The molecule has 0 bridgehead atoms. The van der Waals surface area contributed by atoms with Crippen LogP contribution in [0.5, 0.6) is 0 Å². The second-order valence-electron chi connectivity index (χ2n) is 7.78. The first-order valence-electron chi connectivity index (χ1n) is 9.47. The largest absolute Gasteiger partial charge is 0.433 e. The van der Waals surface area contributed by atoms with Crippen molar-refractivity contribution in [3.05, 3.63) is 70.8 Å². The predicted molar refractivity (Wildman–Crippen MR) is 111 cm³/mol. The molecule has 1 fully saturated rings. The molecule has 0 saturated carbocycles. The summed E-state index contributed by atoms with van der Waals surface area (Å²) < 4.78 is 5.92. The minimum absolute atomic E-state index is 0.